The van der Waals surface area contributed by atoms with E-state index in [4.69, 9.17) is 4.74 Å². The van der Waals surface area contributed by atoms with Crippen molar-refractivity contribution in [3.8, 4) is 5.75 Å². The summed E-state index contributed by atoms with van der Waals surface area (Å²) in [7, 11) is 0. The first-order valence-corrected chi connectivity index (χ1v) is 8.18. The van der Waals surface area contributed by atoms with Crippen LogP contribution in [0.15, 0.2) is 42.7 Å². The molecule has 0 aliphatic carbocycles. The molecule has 3 rings (SSSR count). The van der Waals surface area contributed by atoms with E-state index in [-0.39, 0.29) is 24.8 Å². The zero-order valence-electron chi connectivity index (χ0n) is 14.6. The summed E-state index contributed by atoms with van der Waals surface area (Å²) >= 11 is 0. The fourth-order valence-electron chi connectivity index (χ4n) is 2.77. The van der Waals surface area contributed by atoms with Gasteiger partial charge in [-0.05, 0) is 50.6 Å². The summed E-state index contributed by atoms with van der Waals surface area (Å²) in [5, 5.41) is 2.78. The van der Waals surface area contributed by atoms with Crippen LogP contribution in [-0.2, 0) is 9.59 Å². The summed E-state index contributed by atoms with van der Waals surface area (Å²) in [6.45, 7) is 5.72. The summed E-state index contributed by atoms with van der Waals surface area (Å²) in [5.41, 5.74) is 1.41. The number of fused-ring (bicyclic) bond motifs is 1. The maximum atomic E-state index is 12.8. The summed E-state index contributed by atoms with van der Waals surface area (Å²) in [5.74, 6) is 0.335. The maximum absolute atomic E-state index is 12.8. The van der Waals surface area contributed by atoms with Crippen molar-refractivity contribution in [1.82, 2.24) is 4.98 Å². The number of hydrogen-bond acceptors (Lipinski definition) is 4. The van der Waals surface area contributed by atoms with Crippen molar-refractivity contribution in [2.45, 2.75) is 32.8 Å². The van der Waals surface area contributed by atoms with Crippen LogP contribution in [0.25, 0.3) is 0 Å². The number of rotatable bonds is 4. The van der Waals surface area contributed by atoms with Crippen LogP contribution in [-0.4, -0.2) is 28.9 Å². The van der Waals surface area contributed by atoms with Crippen molar-refractivity contribution >= 4 is 23.2 Å². The van der Waals surface area contributed by atoms with Crippen LogP contribution in [0.5, 0.6) is 5.75 Å². The van der Waals surface area contributed by atoms with Crippen LogP contribution in [0, 0.1) is 6.92 Å². The van der Waals surface area contributed by atoms with Crippen molar-refractivity contribution < 1.29 is 14.3 Å². The number of carbonyl (C=O) groups excluding carboxylic acids is 2. The van der Waals surface area contributed by atoms with Gasteiger partial charge in [-0.15, -0.1) is 0 Å². The molecule has 0 atom stereocenters. The van der Waals surface area contributed by atoms with Crippen LogP contribution in [0.4, 0.5) is 11.4 Å². The van der Waals surface area contributed by atoms with Gasteiger partial charge in [0, 0.05) is 19.2 Å². The molecule has 1 aliphatic heterocycles. The molecule has 0 fully saturated rings. The molecule has 1 N–H and O–H groups in total. The average Bonchev–Trinajstić information content (AvgIpc) is 2.57. The molecule has 0 saturated carbocycles. The Morgan fingerprint density at radius 2 is 2.12 bits per heavy atom. The summed E-state index contributed by atoms with van der Waals surface area (Å²) < 4.78 is 5.82. The molecule has 2 amide bonds. The molecule has 0 saturated heterocycles. The van der Waals surface area contributed by atoms with E-state index in [1.165, 1.54) is 0 Å². The minimum atomic E-state index is -0.956. The topological polar surface area (TPSA) is 71.5 Å². The highest BCUT2D eigenvalue weighted by Gasteiger charge is 2.40. The third-order valence-corrected chi connectivity index (χ3v) is 4.04. The second-order valence-electron chi connectivity index (χ2n) is 6.58. The molecule has 25 heavy (non-hydrogen) atoms. The van der Waals surface area contributed by atoms with Gasteiger partial charge in [0.15, 0.2) is 5.60 Å². The van der Waals surface area contributed by atoms with Crippen LogP contribution in [0.3, 0.4) is 0 Å². The van der Waals surface area contributed by atoms with Gasteiger partial charge in [0.2, 0.25) is 5.91 Å². The third kappa shape index (κ3) is 3.63. The van der Waals surface area contributed by atoms with Crippen molar-refractivity contribution in [2.24, 2.45) is 0 Å². The minimum absolute atomic E-state index is 0.153. The van der Waals surface area contributed by atoms with Gasteiger partial charge < -0.3 is 15.0 Å². The zero-order valence-corrected chi connectivity index (χ0v) is 14.6. The minimum Gasteiger partial charge on any atom is -0.476 e. The lowest BCUT2D eigenvalue weighted by atomic mass is 10.0. The Balaban J connectivity index is 1.75. The number of nitrogens with one attached hydrogen (secondary N) is 1. The van der Waals surface area contributed by atoms with E-state index in [0.717, 1.165) is 5.56 Å². The van der Waals surface area contributed by atoms with Crippen LogP contribution in [0.2, 0.25) is 0 Å². The molecule has 0 spiro atoms. The Morgan fingerprint density at radius 1 is 1.32 bits per heavy atom. The largest absolute Gasteiger partial charge is 0.476 e. The molecule has 1 aromatic heterocycles. The van der Waals surface area contributed by atoms with E-state index < -0.39 is 5.60 Å². The lowest BCUT2D eigenvalue weighted by Crippen LogP contribution is -2.53. The molecule has 0 unspecified atom stereocenters. The van der Waals surface area contributed by atoms with E-state index >= 15 is 0 Å². The van der Waals surface area contributed by atoms with Gasteiger partial charge >= 0.3 is 0 Å². The Labute approximate surface area is 146 Å². The number of anilines is 2. The van der Waals surface area contributed by atoms with E-state index in [2.05, 4.69) is 10.3 Å². The Hall–Kier alpha value is -2.89. The highest BCUT2D eigenvalue weighted by molar-refractivity contribution is 6.03. The molecule has 6 nitrogen and oxygen atoms in total. The third-order valence-electron chi connectivity index (χ3n) is 4.04. The van der Waals surface area contributed by atoms with Crippen molar-refractivity contribution in [1.29, 1.82) is 0 Å². The summed E-state index contributed by atoms with van der Waals surface area (Å²) in [6, 6.07) is 9.23. The summed E-state index contributed by atoms with van der Waals surface area (Å²) in [6.07, 6.45) is 3.41. The Kier molecular flexibility index (Phi) is 4.44. The zero-order chi connectivity index (χ0) is 18.0. The second kappa shape index (κ2) is 6.55. The fraction of sp³-hybridized carbons (Fsp3) is 0.316. The van der Waals surface area contributed by atoms with Gasteiger partial charge in [0.05, 0.1) is 17.6 Å². The van der Waals surface area contributed by atoms with Gasteiger partial charge in [0.1, 0.15) is 5.75 Å². The highest BCUT2D eigenvalue weighted by Crippen LogP contribution is 2.38. The van der Waals surface area contributed by atoms with Gasteiger partial charge in [0.25, 0.3) is 5.91 Å². The first-order valence-electron chi connectivity index (χ1n) is 8.18. The lowest BCUT2D eigenvalue weighted by Gasteiger charge is -2.38. The number of hydrogen-bond donors (Lipinski definition) is 1. The first-order chi connectivity index (χ1) is 11.9. The molecule has 0 bridgehead atoms. The monoisotopic (exact) mass is 339 g/mol. The highest BCUT2D eigenvalue weighted by atomic mass is 16.5. The number of amides is 2. The summed E-state index contributed by atoms with van der Waals surface area (Å²) in [4.78, 5) is 30.5. The predicted octanol–water partition coefficient (Wildman–Crippen LogP) is 2.92. The molecule has 6 heteroatoms. The standard InChI is InChI=1S/C19H21N3O3/c1-13-6-7-16-15(11-13)22(18(24)19(2,3)25-16)10-8-17(23)21-14-5-4-9-20-12-14/h4-7,9,11-12H,8,10H2,1-3H3,(H,21,23). The lowest BCUT2D eigenvalue weighted by molar-refractivity contribution is -0.132. The normalized spacial score (nSPS) is 15.3. The smallest absolute Gasteiger partial charge is 0.270 e. The molecule has 2 aromatic rings. The Bertz CT molecular complexity index is 803. The average molecular weight is 339 g/mol. The number of carbonyl (C=O) groups is 2. The van der Waals surface area contributed by atoms with Gasteiger partial charge in [-0.1, -0.05) is 6.07 Å². The van der Waals surface area contributed by atoms with E-state index in [1.54, 1.807) is 43.3 Å². The molecule has 1 aromatic carbocycles. The molecule has 130 valence electrons. The van der Waals surface area contributed by atoms with Crippen LogP contribution in [0.1, 0.15) is 25.8 Å². The van der Waals surface area contributed by atoms with Gasteiger partial charge in [-0.3, -0.25) is 14.6 Å². The number of aryl methyl sites for hydroxylation is 1. The van der Waals surface area contributed by atoms with E-state index in [1.807, 2.05) is 25.1 Å². The molecular formula is C19H21N3O3. The van der Waals surface area contributed by atoms with Crippen molar-refractivity contribution in [3.05, 3.63) is 48.3 Å². The second-order valence-corrected chi connectivity index (χ2v) is 6.58. The predicted molar refractivity (Wildman–Crippen MR) is 95.7 cm³/mol. The molecular weight excluding hydrogens is 318 g/mol. The number of pyridine rings is 1. The van der Waals surface area contributed by atoms with Crippen molar-refractivity contribution in [2.75, 3.05) is 16.8 Å². The Morgan fingerprint density at radius 3 is 2.84 bits per heavy atom. The quantitative estimate of drug-likeness (QED) is 0.930. The first kappa shape index (κ1) is 17.0. The van der Waals surface area contributed by atoms with Gasteiger partial charge in [-0.25, -0.2) is 0 Å². The molecule has 2 heterocycles. The van der Waals surface area contributed by atoms with Gasteiger partial charge in [-0.2, -0.15) is 0 Å². The fourth-order valence-corrected chi connectivity index (χ4v) is 2.77. The number of nitrogens with zero attached hydrogens (tertiary/aromatic N) is 2. The molecule has 1 aliphatic rings. The number of aromatic nitrogens is 1. The molecule has 0 radical (unpaired) electrons. The van der Waals surface area contributed by atoms with Crippen molar-refractivity contribution in [3.63, 3.8) is 0 Å². The van der Waals surface area contributed by atoms with E-state index in [0.29, 0.717) is 17.1 Å². The SMILES string of the molecule is Cc1ccc2c(c1)N(CCC(=O)Nc1cccnc1)C(=O)C(C)(C)O2. The maximum Gasteiger partial charge on any atom is 0.270 e. The number of benzene rings is 1. The van der Waals surface area contributed by atoms with E-state index in [9.17, 15) is 9.59 Å². The number of ether oxygens (including phenoxy) is 1. The van der Waals surface area contributed by atoms with Crippen LogP contribution < -0.4 is 15.0 Å². The van der Waals surface area contributed by atoms with Crippen LogP contribution >= 0.6 is 0 Å².